The number of fused-ring (bicyclic) bond motifs is 1. The Morgan fingerprint density at radius 2 is 1.68 bits per heavy atom. The van der Waals surface area contributed by atoms with Gasteiger partial charge in [0.1, 0.15) is 0 Å². The van der Waals surface area contributed by atoms with Crippen LogP contribution in [0.5, 0.6) is 0 Å². The summed E-state index contributed by atoms with van der Waals surface area (Å²) < 4.78 is 1.33. The molecule has 142 valence electrons. The molecule has 0 atom stereocenters. The lowest BCUT2D eigenvalue weighted by molar-refractivity contribution is 0.676. The Kier molecular flexibility index (Phi) is 5.03. The molecule has 2 aromatic carbocycles. The van der Waals surface area contributed by atoms with Crippen LogP contribution in [-0.4, -0.2) is 19.6 Å². The molecule has 0 aliphatic carbocycles. The molecule has 0 radical (unpaired) electrons. The predicted molar refractivity (Wildman–Crippen MR) is 109 cm³/mol. The van der Waals surface area contributed by atoms with Crippen molar-refractivity contribution in [1.82, 2.24) is 24.9 Å². The number of aromatic nitrogens is 4. The van der Waals surface area contributed by atoms with Crippen LogP contribution < -0.4 is 21.9 Å². The molecule has 2 aromatic heterocycles. The summed E-state index contributed by atoms with van der Waals surface area (Å²) in [6, 6.07) is 19.1. The van der Waals surface area contributed by atoms with Gasteiger partial charge in [0.25, 0.3) is 11.3 Å². The minimum absolute atomic E-state index is 0.199. The topological polar surface area (TPSA) is 113 Å². The fourth-order valence-electron chi connectivity index (χ4n) is 2.85. The molecule has 4 rings (SSSR count). The molecular weight excluding hydrogens is 354 g/mol. The van der Waals surface area contributed by atoms with E-state index in [1.54, 1.807) is 0 Å². The first-order valence-electron chi connectivity index (χ1n) is 8.99. The van der Waals surface area contributed by atoms with Gasteiger partial charge in [-0.15, -0.1) is 0 Å². The molecule has 0 saturated carbocycles. The summed E-state index contributed by atoms with van der Waals surface area (Å²) in [5, 5.41) is 9.38. The van der Waals surface area contributed by atoms with Crippen molar-refractivity contribution in [2.24, 2.45) is 0 Å². The zero-order valence-electron chi connectivity index (χ0n) is 15.2. The van der Waals surface area contributed by atoms with Crippen molar-refractivity contribution < 1.29 is 0 Å². The molecule has 0 amide bonds. The van der Waals surface area contributed by atoms with Gasteiger partial charge in [-0.05, 0) is 23.3 Å². The molecule has 0 fully saturated rings. The van der Waals surface area contributed by atoms with Crippen molar-refractivity contribution in [3.8, 4) is 0 Å². The fraction of sp³-hybridized carbons (Fsp3) is 0.150. The number of anilines is 2. The van der Waals surface area contributed by atoms with Crippen LogP contribution in [0.15, 0.2) is 65.5 Å². The van der Waals surface area contributed by atoms with Crippen LogP contribution in [0.3, 0.4) is 0 Å². The van der Waals surface area contributed by atoms with E-state index in [2.05, 4.69) is 25.7 Å². The van der Waals surface area contributed by atoms with Crippen molar-refractivity contribution in [2.75, 3.05) is 11.1 Å². The van der Waals surface area contributed by atoms with Gasteiger partial charge in [-0.3, -0.25) is 9.89 Å². The van der Waals surface area contributed by atoms with Crippen LogP contribution in [-0.2, 0) is 19.6 Å². The van der Waals surface area contributed by atoms with Crippen molar-refractivity contribution in [3.63, 3.8) is 0 Å². The fourth-order valence-corrected chi connectivity index (χ4v) is 2.85. The van der Waals surface area contributed by atoms with Crippen LogP contribution in [0, 0.1) is 0 Å². The highest BCUT2D eigenvalue weighted by Gasteiger charge is 2.08. The Bertz CT molecular complexity index is 1120. The van der Waals surface area contributed by atoms with Crippen molar-refractivity contribution >= 4 is 17.4 Å². The summed E-state index contributed by atoms with van der Waals surface area (Å²) >= 11 is 0. The van der Waals surface area contributed by atoms with E-state index in [0.29, 0.717) is 37.1 Å². The van der Waals surface area contributed by atoms with E-state index in [-0.39, 0.29) is 5.56 Å². The average molecular weight is 375 g/mol. The Labute approximate surface area is 161 Å². The quantitative estimate of drug-likeness (QED) is 0.367. The molecule has 8 heteroatoms. The smallest absolute Gasteiger partial charge is 0.274 e. The number of aromatic amines is 1. The minimum atomic E-state index is -0.199. The molecule has 0 saturated heterocycles. The summed E-state index contributed by atoms with van der Waals surface area (Å²) in [5.74, 6) is 0.819. The number of nitrogens with one attached hydrogen (secondary N) is 3. The summed E-state index contributed by atoms with van der Waals surface area (Å²) in [7, 11) is 0. The van der Waals surface area contributed by atoms with Gasteiger partial charge in [-0.25, -0.2) is 4.98 Å². The molecule has 0 bridgehead atoms. The molecule has 2 heterocycles. The molecule has 0 aliphatic heterocycles. The summed E-state index contributed by atoms with van der Waals surface area (Å²) in [5.41, 5.74) is 9.09. The normalized spacial score (nSPS) is 11.0. The Balaban J connectivity index is 1.43. The predicted octanol–water partition coefficient (Wildman–Crippen LogP) is 1.90. The first-order chi connectivity index (χ1) is 13.7. The lowest BCUT2D eigenvalue weighted by Gasteiger charge is -2.04. The third-order valence-corrected chi connectivity index (χ3v) is 4.30. The van der Waals surface area contributed by atoms with E-state index in [1.165, 1.54) is 16.1 Å². The zero-order chi connectivity index (χ0) is 19.3. The van der Waals surface area contributed by atoms with Crippen LogP contribution in [0.25, 0.3) is 5.78 Å². The van der Waals surface area contributed by atoms with Gasteiger partial charge < -0.3 is 16.4 Å². The summed E-state index contributed by atoms with van der Waals surface area (Å²) in [6.07, 6.45) is 0. The van der Waals surface area contributed by atoms with Crippen molar-refractivity contribution in [3.05, 3.63) is 87.8 Å². The van der Waals surface area contributed by atoms with Crippen LogP contribution >= 0.6 is 0 Å². The van der Waals surface area contributed by atoms with E-state index in [4.69, 9.17) is 5.73 Å². The summed E-state index contributed by atoms with van der Waals surface area (Å²) in [6.45, 7) is 1.75. The first-order valence-corrected chi connectivity index (χ1v) is 8.99. The van der Waals surface area contributed by atoms with Gasteiger partial charge in [-0.2, -0.15) is 9.50 Å². The van der Waals surface area contributed by atoms with E-state index >= 15 is 0 Å². The second-order valence-electron chi connectivity index (χ2n) is 6.48. The molecule has 8 nitrogen and oxygen atoms in total. The number of H-pyrrole nitrogens is 1. The Morgan fingerprint density at radius 3 is 2.46 bits per heavy atom. The van der Waals surface area contributed by atoms with Crippen molar-refractivity contribution in [1.29, 1.82) is 0 Å². The maximum absolute atomic E-state index is 12.3. The lowest BCUT2D eigenvalue weighted by atomic mass is 10.2. The molecule has 0 spiro atoms. The highest BCUT2D eigenvalue weighted by molar-refractivity contribution is 5.41. The second-order valence-corrected chi connectivity index (χ2v) is 6.48. The standard InChI is InChI=1S/C20H21N7O/c21-16-8-6-15(7-9-16)12-23-19-25-20-24-17(10-18(28)27(20)26-19)13-22-11-14-4-2-1-3-5-14/h1-10,22H,11-13,21H2,(H2,23,24,25,26). The third-order valence-electron chi connectivity index (χ3n) is 4.30. The molecule has 5 N–H and O–H groups in total. The lowest BCUT2D eigenvalue weighted by Crippen LogP contribution is -2.20. The Morgan fingerprint density at radius 1 is 0.929 bits per heavy atom. The number of nitrogen functional groups attached to an aromatic ring is 1. The van der Waals surface area contributed by atoms with E-state index in [0.717, 1.165) is 11.3 Å². The zero-order valence-corrected chi connectivity index (χ0v) is 15.2. The number of hydrogen-bond donors (Lipinski definition) is 4. The number of rotatable bonds is 7. The van der Waals surface area contributed by atoms with Crippen LogP contribution in [0.2, 0.25) is 0 Å². The van der Waals surface area contributed by atoms with Gasteiger partial charge >= 0.3 is 0 Å². The van der Waals surface area contributed by atoms with Crippen LogP contribution in [0.4, 0.5) is 11.6 Å². The van der Waals surface area contributed by atoms with E-state index < -0.39 is 0 Å². The summed E-state index contributed by atoms with van der Waals surface area (Å²) in [4.78, 5) is 21.2. The molecule has 4 aromatic rings. The average Bonchev–Trinajstić information content (AvgIpc) is 3.12. The first kappa shape index (κ1) is 17.7. The van der Waals surface area contributed by atoms with E-state index in [9.17, 15) is 4.79 Å². The Hall–Kier alpha value is -3.65. The highest BCUT2D eigenvalue weighted by atomic mass is 16.1. The van der Waals surface area contributed by atoms with Gasteiger partial charge in [0.2, 0.25) is 5.95 Å². The van der Waals surface area contributed by atoms with Gasteiger partial charge in [-0.1, -0.05) is 42.5 Å². The van der Waals surface area contributed by atoms with Crippen LogP contribution in [0.1, 0.15) is 16.8 Å². The number of nitrogens with zero attached hydrogens (tertiary/aromatic N) is 3. The highest BCUT2D eigenvalue weighted by Crippen LogP contribution is 2.08. The molecule has 0 unspecified atom stereocenters. The number of nitrogens with two attached hydrogens (primary N) is 1. The van der Waals surface area contributed by atoms with E-state index in [1.807, 2.05) is 54.6 Å². The number of benzene rings is 2. The van der Waals surface area contributed by atoms with Gasteiger partial charge in [0.15, 0.2) is 0 Å². The molecule has 0 aliphatic rings. The largest absolute Gasteiger partial charge is 0.399 e. The molecule has 28 heavy (non-hydrogen) atoms. The third kappa shape index (κ3) is 4.18. The van der Waals surface area contributed by atoms with Gasteiger partial charge in [0.05, 0.1) is 5.69 Å². The van der Waals surface area contributed by atoms with Gasteiger partial charge in [0, 0.05) is 31.4 Å². The SMILES string of the molecule is Nc1ccc(CNc2nc3nc(CNCc4ccccc4)cc(=O)n3[nH]2)cc1. The number of hydrogen-bond acceptors (Lipinski definition) is 6. The maximum atomic E-state index is 12.3. The maximum Gasteiger partial charge on any atom is 0.274 e. The second kappa shape index (κ2) is 7.93. The monoisotopic (exact) mass is 375 g/mol. The molecular formula is C20H21N7O. The minimum Gasteiger partial charge on any atom is -0.399 e. The van der Waals surface area contributed by atoms with Crippen molar-refractivity contribution in [2.45, 2.75) is 19.6 Å².